The van der Waals surface area contributed by atoms with E-state index >= 15 is 0 Å². The number of aryl methyl sites for hydroxylation is 1. The van der Waals surface area contributed by atoms with E-state index in [4.69, 9.17) is 9.31 Å². The van der Waals surface area contributed by atoms with Crippen molar-refractivity contribution in [1.29, 1.82) is 0 Å². The van der Waals surface area contributed by atoms with Crippen molar-refractivity contribution in [1.82, 2.24) is 4.98 Å². The fraction of sp³-hybridized carbons (Fsp3) is 0.727. The van der Waals surface area contributed by atoms with Crippen molar-refractivity contribution in [2.75, 3.05) is 0 Å². The average molecular weight is 318 g/mol. The van der Waals surface area contributed by atoms with Crippen LogP contribution in [-0.4, -0.2) is 23.3 Å². The molecule has 0 saturated carbocycles. The van der Waals surface area contributed by atoms with Crippen LogP contribution < -0.4 is 4.78 Å². The van der Waals surface area contributed by atoms with E-state index in [0.717, 1.165) is 20.8 Å². The molecule has 0 atom stereocenters. The van der Waals surface area contributed by atoms with Gasteiger partial charge in [0.15, 0.2) is 0 Å². The first-order valence-electron chi connectivity index (χ1n) is 5.77. The Morgan fingerprint density at radius 1 is 1.24 bits per heavy atom. The van der Waals surface area contributed by atoms with Crippen molar-refractivity contribution in [3.8, 4) is 0 Å². The van der Waals surface area contributed by atoms with Gasteiger partial charge in [-0.15, -0.1) is 11.3 Å². The summed E-state index contributed by atoms with van der Waals surface area (Å²) in [5.74, 6) is 0. The summed E-state index contributed by atoms with van der Waals surface area (Å²) in [7, 11) is -0.313. The predicted octanol–water partition coefficient (Wildman–Crippen LogP) is 2.77. The molecule has 2 heterocycles. The van der Waals surface area contributed by atoms with Gasteiger partial charge in [-0.3, -0.25) is 0 Å². The van der Waals surface area contributed by atoms with Gasteiger partial charge in [0.05, 0.1) is 21.0 Å². The lowest BCUT2D eigenvalue weighted by atomic mass is 9.89. The summed E-state index contributed by atoms with van der Waals surface area (Å²) >= 11 is 5.13. The second-order valence-electron chi connectivity index (χ2n) is 5.20. The third kappa shape index (κ3) is 2.32. The average Bonchev–Trinajstić information content (AvgIpc) is 2.66. The van der Waals surface area contributed by atoms with Gasteiger partial charge in [-0.05, 0) is 50.0 Å². The number of rotatable bonds is 2. The Labute approximate surface area is 115 Å². The predicted molar refractivity (Wildman–Crippen MR) is 74.9 cm³/mol. The van der Waals surface area contributed by atoms with Gasteiger partial charge < -0.3 is 9.31 Å². The molecule has 0 bridgehead atoms. The highest BCUT2D eigenvalue weighted by Gasteiger charge is 2.53. The maximum atomic E-state index is 6.01. The van der Waals surface area contributed by atoms with Crippen LogP contribution in [0.4, 0.5) is 0 Å². The molecule has 0 spiro atoms. The molecule has 0 aliphatic carbocycles. The lowest BCUT2D eigenvalue weighted by Gasteiger charge is -2.32. The number of aromatic nitrogens is 1. The quantitative estimate of drug-likeness (QED) is 0.786. The molecular formula is C11H17BBrNO2S. The molecule has 6 heteroatoms. The van der Waals surface area contributed by atoms with Crippen molar-refractivity contribution in [2.45, 2.75) is 52.2 Å². The van der Waals surface area contributed by atoms with Gasteiger partial charge in [-0.2, -0.15) is 0 Å². The molecule has 1 aromatic rings. The maximum absolute atomic E-state index is 6.01. The summed E-state index contributed by atoms with van der Waals surface area (Å²) in [5.41, 5.74) is -0.596. The summed E-state index contributed by atoms with van der Waals surface area (Å²) in [6.45, 7) is 10.3. The van der Waals surface area contributed by atoms with Crippen LogP contribution >= 0.6 is 27.3 Å². The van der Waals surface area contributed by atoms with E-state index in [9.17, 15) is 0 Å². The van der Waals surface area contributed by atoms with Crippen LogP contribution in [-0.2, 0) is 15.7 Å². The standard InChI is InChI=1S/C11H17BBrNO2S/c1-6-7-14-9(13)8(17-7)12-15-10(2,3)11(4,5)16-12/h6H2,1-5H3. The minimum Gasteiger partial charge on any atom is -0.399 e. The Balaban J connectivity index is 2.28. The first kappa shape index (κ1) is 13.5. The van der Waals surface area contributed by atoms with Gasteiger partial charge in [0.1, 0.15) is 4.60 Å². The molecule has 2 rings (SSSR count). The Morgan fingerprint density at radius 3 is 2.18 bits per heavy atom. The maximum Gasteiger partial charge on any atom is 0.508 e. The molecule has 1 aromatic heterocycles. The largest absolute Gasteiger partial charge is 0.508 e. The van der Waals surface area contributed by atoms with E-state index in [0.29, 0.717) is 0 Å². The molecule has 1 aliphatic rings. The van der Waals surface area contributed by atoms with Crippen LogP contribution in [0, 0.1) is 0 Å². The Hall–Kier alpha value is 0.0949. The highest BCUT2D eigenvalue weighted by molar-refractivity contribution is 9.10. The Kier molecular flexibility index (Phi) is 3.45. The highest BCUT2D eigenvalue weighted by Crippen LogP contribution is 2.37. The molecule has 1 fully saturated rings. The number of hydrogen-bond acceptors (Lipinski definition) is 4. The third-order valence-electron chi connectivity index (χ3n) is 3.42. The topological polar surface area (TPSA) is 31.4 Å². The summed E-state index contributed by atoms with van der Waals surface area (Å²) in [6, 6.07) is 0. The Bertz CT molecular complexity index is 417. The molecule has 0 amide bonds. The lowest BCUT2D eigenvalue weighted by molar-refractivity contribution is 0.00578. The van der Waals surface area contributed by atoms with Gasteiger partial charge in [0.2, 0.25) is 0 Å². The molecule has 1 aliphatic heterocycles. The SMILES string of the molecule is CCc1nc(Br)c(B2OC(C)(C)C(C)(C)O2)s1. The lowest BCUT2D eigenvalue weighted by Crippen LogP contribution is -2.41. The van der Waals surface area contributed by atoms with E-state index in [2.05, 4.69) is 55.5 Å². The zero-order chi connectivity index (χ0) is 12.8. The van der Waals surface area contributed by atoms with Crippen molar-refractivity contribution in [3.63, 3.8) is 0 Å². The van der Waals surface area contributed by atoms with Crippen LogP contribution in [0.3, 0.4) is 0 Å². The molecule has 0 aromatic carbocycles. The van der Waals surface area contributed by atoms with Crippen molar-refractivity contribution in [2.24, 2.45) is 0 Å². The minimum atomic E-state index is -0.313. The van der Waals surface area contributed by atoms with Crippen LogP contribution in [0.25, 0.3) is 0 Å². The molecule has 1 saturated heterocycles. The second kappa shape index (κ2) is 4.33. The van der Waals surface area contributed by atoms with Crippen molar-refractivity contribution in [3.05, 3.63) is 9.61 Å². The number of hydrogen-bond donors (Lipinski definition) is 0. The summed E-state index contributed by atoms with van der Waals surface area (Å²) < 4.78 is 13.9. The summed E-state index contributed by atoms with van der Waals surface area (Å²) in [4.78, 5) is 4.44. The van der Waals surface area contributed by atoms with E-state index in [-0.39, 0.29) is 18.3 Å². The smallest absolute Gasteiger partial charge is 0.399 e. The normalized spacial score (nSPS) is 22.1. The third-order valence-corrected chi connectivity index (χ3v) is 5.51. The molecule has 17 heavy (non-hydrogen) atoms. The minimum absolute atomic E-state index is 0.298. The Morgan fingerprint density at radius 2 is 1.76 bits per heavy atom. The number of thiazole rings is 1. The molecular weight excluding hydrogens is 301 g/mol. The zero-order valence-electron chi connectivity index (χ0n) is 10.8. The number of nitrogens with zero attached hydrogens (tertiary/aromatic N) is 1. The van der Waals surface area contributed by atoms with Crippen LogP contribution in [0.15, 0.2) is 4.60 Å². The van der Waals surface area contributed by atoms with Crippen molar-refractivity contribution < 1.29 is 9.31 Å². The van der Waals surface area contributed by atoms with E-state index in [1.165, 1.54) is 0 Å². The molecule has 3 nitrogen and oxygen atoms in total. The highest BCUT2D eigenvalue weighted by atomic mass is 79.9. The van der Waals surface area contributed by atoms with E-state index < -0.39 is 0 Å². The summed E-state index contributed by atoms with van der Waals surface area (Å²) in [5, 5.41) is 1.10. The second-order valence-corrected chi connectivity index (χ2v) is 7.07. The van der Waals surface area contributed by atoms with Gasteiger partial charge in [0, 0.05) is 0 Å². The number of halogens is 1. The fourth-order valence-corrected chi connectivity index (χ4v) is 3.22. The van der Waals surface area contributed by atoms with Gasteiger partial charge in [0.25, 0.3) is 0 Å². The first-order chi connectivity index (χ1) is 7.77. The van der Waals surface area contributed by atoms with E-state index in [1.807, 2.05) is 0 Å². The zero-order valence-corrected chi connectivity index (χ0v) is 13.2. The van der Waals surface area contributed by atoms with Crippen LogP contribution in [0.5, 0.6) is 0 Å². The molecule has 0 N–H and O–H groups in total. The van der Waals surface area contributed by atoms with Gasteiger partial charge in [-0.25, -0.2) is 4.98 Å². The van der Waals surface area contributed by atoms with E-state index in [1.54, 1.807) is 11.3 Å². The summed E-state index contributed by atoms with van der Waals surface area (Å²) in [6.07, 6.45) is 0.933. The molecule has 94 valence electrons. The van der Waals surface area contributed by atoms with Crippen LogP contribution in [0.2, 0.25) is 0 Å². The molecule has 0 unspecified atom stereocenters. The van der Waals surface area contributed by atoms with Gasteiger partial charge in [-0.1, -0.05) is 6.92 Å². The molecule has 0 radical (unpaired) electrons. The van der Waals surface area contributed by atoms with Crippen LogP contribution in [0.1, 0.15) is 39.6 Å². The van der Waals surface area contributed by atoms with Gasteiger partial charge >= 0.3 is 7.12 Å². The fourth-order valence-electron chi connectivity index (χ4n) is 1.60. The first-order valence-corrected chi connectivity index (χ1v) is 7.38. The van der Waals surface area contributed by atoms with Crippen molar-refractivity contribution >= 4 is 39.2 Å². The monoisotopic (exact) mass is 317 g/mol.